The minimum Gasteiger partial charge on any atom is -0.383 e. The zero-order valence-electron chi connectivity index (χ0n) is 13.0. The van der Waals surface area contributed by atoms with Crippen LogP contribution in [0.4, 0.5) is 10.2 Å². The summed E-state index contributed by atoms with van der Waals surface area (Å²) in [5.41, 5.74) is 7.47. The lowest BCUT2D eigenvalue weighted by Gasteiger charge is -2.26. The summed E-state index contributed by atoms with van der Waals surface area (Å²) in [6.45, 7) is 10.4. The van der Waals surface area contributed by atoms with Gasteiger partial charge in [0.2, 0.25) is 0 Å². The SMILES string of the molecule is CC(C)c1nc(-c2ccc(Br)c(F)c2)c(N)n1C(C)(C)C. The highest BCUT2D eigenvalue weighted by Crippen LogP contribution is 2.35. The fourth-order valence-corrected chi connectivity index (χ4v) is 2.65. The molecule has 0 radical (unpaired) electrons. The molecule has 2 N–H and O–H groups in total. The lowest BCUT2D eigenvalue weighted by atomic mass is 10.1. The van der Waals surface area contributed by atoms with Crippen LogP contribution in [0.25, 0.3) is 11.3 Å². The van der Waals surface area contributed by atoms with Gasteiger partial charge in [-0.25, -0.2) is 9.37 Å². The topological polar surface area (TPSA) is 43.8 Å². The van der Waals surface area contributed by atoms with Gasteiger partial charge in [-0.15, -0.1) is 0 Å². The molecule has 1 heterocycles. The average Bonchev–Trinajstić information content (AvgIpc) is 2.70. The first-order chi connectivity index (χ1) is 9.62. The third kappa shape index (κ3) is 2.98. The molecule has 2 rings (SSSR count). The number of nitrogen functional groups attached to an aromatic ring is 1. The summed E-state index contributed by atoms with van der Waals surface area (Å²) in [4.78, 5) is 4.67. The summed E-state index contributed by atoms with van der Waals surface area (Å²) < 4.78 is 16.2. The molecule has 0 saturated carbocycles. The zero-order chi connectivity index (χ0) is 15.9. The second-order valence-electron chi connectivity index (χ2n) is 6.49. The number of aromatic nitrogens is 2. The van der Waals surface area contributed by atoms with Crippen LogP contribution >= 0.6 is 15.9 Å². The van der Waals surface area contributed by atoms with Gasteiger partial charge in [0.25, 0.3) is 0 Å². The molecule has 5 heteroatoms. The van der Waals surface area contributed by atoms with Crippen LogP contribution in [0.2, 0.25) is 0 Å². The van der Waals surface area contributed by atoms with E-state index in [2.05, 4.69) is 55.5 Å². The predicted octanol–water partition coefficient (Wildman–Crippen LogP) is 4.91. The van der Waals surface area contributed by atoms with E-state index in [1.807, 2.05) is 10.6 Å². The van der Waals surface area contributed by atoms with E-state index in [-0.39, 0.29) is 17.3 Å². The molecular weight excluding hydrogens is 333 g/mol. The molecule has 1 aromatic carbocycles. The van der Waals surface area contributed by atoms with E-state index in [0.29, 0.717) is 21.5 Å². The second kappa shape index (κ2) is 5.44. The molecule has 0 aliphatic rings. The first kappa shape index (κ1) is 16.0. The smallest absolute Gasteiger partial charge is 0.138 e. The Balaban J connectivity index is 2.68. The molecule has 3 nitrogen and oxygen atoms in total. The minimum absolute atomic E-state index is 0.178. The van der Waals surface area contributed by atoms with Crippen molar-refractivity contribution in [2.24, 2.45) is 0 Å². The van der Waals surface area contributed by atoms with E-state index >= 15 is 0 Å². The third-order valence-corrected chi connectivity index (χ3v) is 3.96. The van der Waals surface area contributed by atoms with E-state index in [9.17, 15) is 4.39 Å². The van der Waals surface area contributed by atoms with Crippen LogP contribution < -0.4 is 5.73 Å². The number of hydrogen-bond acceptors (Lipinski definition) is 2. The Kier molecular flexibility index (Phi) is 4.15. The molecular formula is C16H21BrFN3. The van der Waals surface area contributed by atoms with Gasteiger partial charge in [0, 0.05) is 17.0 Å². The highest BCUT2D eigenvalue weighted by molar-refractivity contribution is 9.10. The lowest BCUT2D eigenvalue weighted by molar-refractivity contribution is 0.382. The highest BCUT2D eigenvalue weighted by Gasteiger charge is 2.26. The maximum atomic E-state index is 13.8. The maximum Gasteiger partial charge on any atom is 0.138 e. The van der Waals surface area contributed by atoms with Crippen LogP contribution in [0.1, 0.15) is 46.4 Å². The molecule has 2 aromatic rings. The summed E-state index contributed by atoms with van der Waals surface area (Å²) in [6.07, 6.45) is 0. The van der Waals surface area contributed by atoms with Crippen LogP contribution in [0.3, 0.4) is 0 Å². The first-order valence-electron chi connectivity index (χ1n) is 6.97. The predicted molar refractivity (Wildman–Crippen MR) is 88.8 cm³/mol. The van der Waals surface area contributed by atoms with Crippen LogP contribution in [-0.2, 0) is 5.54 Å². The molecule has 114 valence electrons. The van der Waals surface area contributed by atoms with Crippen molar-refractivity contribution in [2.45, 2.75) is 46.1 Å². The van der Waals surface area contributed by atoms with Crippen LogP contribution in [0.15, 0.2) is 22.7 Å². The summed E-state index contributed by atoms with van der Waals surface area (Å²) in [5, 5.41) is 0. The lowest BCUT2D eigenvalue weighted by Crippen LogP contribution is -2.26. The second-order valence-corrected chi connectivity index (χ2v) is 7.35. The van der Waals surface area contributed by atoms with Gasteiger partial charge in [0.15, 0.2) is 0 Å². The Labute approximate surface area is 133 Å². The van der Waals surface area contributed by atoms with E-state index in [1.54, 1.807) is 6.07 Å². The Hall–Kier alpha value is -1.36. The summed E-state index contributed by atoms with van der Waals surface area (Å²) in [7, 11) is 0. The molecule has 0 saturated heterocycles. The number of halogens is 2. The Morgan fingerprint density at radius 1 is 1.29 bits per heavy atom. The van der Waals surface area contributed by atoms with E-state index in [0.717, 1.165) is 5.82 Å². The summed E-state index contributed by atoms with van der Waals surface area (Å²) in [5.74, 6) is 1.41. The minimum atomic E-state index is -0.316. The first-order valence-corrected chi connectivity index (χ1v) is 7.76. The molecule has 0 atom stereocenters. The monoisotopic (exact) mass is 353 g/mol. The molecule has 0 spiro atoms. The van der Waals surface area contributed by atoms with Gasteiger partial charge in [-0.2, -0.15) is 0 Å². The molecule has 0 aliphatic carbocycles. The molecule has 0 unspecified atom stereocenters. The maximum absolute atomic E-state index is 13.8. The van der Waals surface area contributed by atoms with Crippen LogP contribution in [-0.4, -0.2) is 9.55 Å². The number of anilines is 1. The Morgan fingerprint density at radius 3 is 2.33 bits per heavy atom. The number of imidazole rings is 1. The van der Waals surface area contributed by atoms with E-state index in [4.69, 9.17) is 5.73 Å². The van der Waals surface area contributed by atoms with Gasteiger partial charge in [-0.3, -0.25) is 0 Å². The summed E-state index contributed by atoms with van der Waals surface area (Å²) in [6, 6.07) is 4.96. The standard InChI is InChI=1S/C16H21BrFN3/c1-9(2)15-20-13(14(19)21(15)16(3,4)5)10-6-7-11(17)12(18)8-10/h6-9H,19H2,1-5H3. The Morgan fingerprint density at radius 2 is 1.90 bits per heavy atom. The Bertz CT molecular complexity index is 669. The fourth-order valence-electron chi connectivity index (χ4n) is 2.40. The van der Waals surface area contributed by atoms with Gasteiger partial charge >= 0.3 is 0 Å². The number of nitrogens with zero attached hydrogens (tertiary/aromatic N) is 2. The van der Waals surface area contributed by atoms with Crippen LogP contribution in [0, 0.1) is 5.82 Å². The number of rotatable bonds is 2. The number of benzene rings is 1. The van der Waals surface area contributed by atoms with Crippen molar-refractivity contribution in [1.82, 2.24) is 9.55 Å². The molecule has 21 heavy (non-hydrogen) atoms. The number of nitrogens with two attached hydrogens (primary N) is 1. The molecule has 0 amide bonds. The molecule has 0 aliphatic heterocycles. The fraction of sp³-hybridized carbons (Fsp3) is 0.438. The third-order valence-electron chi connectivity index (χ3n) is 3.32. The molecule has 1 aromatic heterocycles. The molecule has 0 bridgehead atoms. The average molecular weight is 354 g/mol. The van der Waals surface area contributed by atoms with E-state index < -0.39 is 0 Å². The van der Waals surface area contributed by atoms with Crippen molar-refractivity contribution < 1.29 is 4.39 Å². The van der Waals surface area contributed by atoms with Crippen molar-refractivity contribution in [1.29, 1.82) is 0 Å². The van der Waals surface area contributed by atoms with Gasteiger partial charge in [0.1, 0.15) is 23.2 Å². The normalized spacial score (nSPS) is 12.2. The van der Waals surface area contributed by atoms with E-state index in [1.165, 1.54) is 6.07 Å². The van der Waals surface area contributed by atoms with Gasteiger partial charge in [0.05, 0.1) is 4.47 Å². The van der Waals surface area contributed by atoms with Crippen molar-refractivity contribution in [3.63, 3.8) is 0 Å². The van der Waals surface area contributed by atoms with Gasteiger partial charge in [-0.05, 0) is 48.8 Å². The quantitative estimate of drug-likeness (QED) is 0.833. The summed E-state index contributed by atoms with van der Waals surface area (Å²) >= 11 is 3.16. The van der Waals surface area contributed by atoms with Crippen molar-refractivity contribution in [3.8, 4) is 11.3 Å². The highest BCUT2D eigenvalue weighted by atomic mass is 79.9. The van der Waals surface area contributed by atoms with Crippen molar-refractivity contribution >= 4 is 21.7 Å². The zero-order valence-corrected chi connectivity index (χ0v) is 14.6. The molecule has 0 fully saturated rings. The van der Waals surface area contributed by atoms with Crippen LogP contribution in [0.5, 0.6) is 0 Å². The number of hydrogen-bond donors (Lipinski definition) is 1. The van der Waals surface area contributed by atoms with Gasteiger partial charge < -0.3 is 10.3 Å². The largest absolute Gasteiger partial charge is 0.383 e. The van der Waals surface area contributed by atoms with Gasteiger partial charge in [-0.1, -0.05) is 19.9 Å². The van der Waals surface area contributed by atoms with Crippen molar-refractivity contribution in [3.05, 3.63) is 34.3 Å². The van der Waals surface area contributed by atoms with Crippen molar-refractivity contribution in [2.75, 3.05) is 5.73 Å².